The van der Waals surface area contributed by atoms with Crippen molar-refractivity contribution >= 4 is 17.3 Å². The Bertz CT molecular complexity index is 348. The molecule has 4 heteroatoms. The minimum Gasteiger partial charge on any atom is -0.375 e. The molecule has 17 heavy (non-hydrogen) atoms. The third-order valence-electron chi connectivity index (χ3n) is 2.55. The number of nitrogens with one attached hydrogen (secondary N) is 2. The van der Waals surface area contributed by atoms with Gasteiger partial charge < -0.3 is 15.5 Å². The van der Waals surface area contributed by atoms with Crippen molar-refractivity contribution in [1.29, 1.82) is 0 Å². The molecule has 0 fully saturated rings. The summed E-state index contributed by atoms with van der Waals surface area (Å²) in [6, 6.07) is 7.88. The summed E-state index contributed by atoms with van der Waals surface area (Å²) in [5.41, 5.74) is 2.00. The second kappa shape index (κ2) is 6.91. The Morgan fingerprint density at radius 3 is 2.47 bits per heavy atom. The molecule has 94 valence electrons. The van der Waals surface area contributed by atoms with Gasteiger partial charge in [-0.15, -0.1) is 0 Å². The number of carbonyl (C=O) groups is 1. The fraction of sp³-hybridized carbons (Fsp3) is 0.462. The molecular weight excluding hydrogens is 214 g/mol. The molecule has 0 atom stereocenters. The summed E-state index contributed by atoms with van der Waals surface area (Å²) in [5, 5.41) is 5.89. The van der Waals surface area contributed by atoms with Crippen molar-refractivity contribution in [3.8, 4) is 0 Å². The van der Waals surface area contributed by atoms with Crippen LogP contribution in [0.15, 0.2) is 24.3 Å². The van der Waals surface area contributed by atoms with E-state index in [9.17, 15) is 4.79 Å². The molecule has 1 rings (SSSR count). The van der Waals surface area contributed by atoms with Crippen molar-refractivity contribution in [1.82, 2.24) is 5.32 Å². The van der Waals surface area contributed by atoms with Crippen molar-refractivity contribution in [2.24, 2.45) is 0 Å². The lowest BCUT2D eigenvalue weighted by Gasteiger charge is -2.19. The second-order valence-corrected chi connectivity index (χ2v) is 4.11. The maximum absolute atomic E-state index is 10.9. The molecule has 1 amide bonds. The van der Waals surface area contributed by atoms with Gasteiger partial charge in [-0.05, 0) is 44.3 Å². The van der Waals surface area contributed by atoms with E-state index in [0.717, 1.165) is 30.9 Å². The van der Waals surface area contributed by atoms with E-state index in [1.165, 1.54) is 6.92 Å². The van der Waals surface area contributed by atoms with E-state index in [2.05, 4.69) is 22.6 Å². The van der Waals surface area contributed by atoms with Crippen LogP contribution in [0.2, 0.25) is 0 Å². The van der Waals surface area contributed by atoms with E-state index in [4.69, 9.17) is 0 Å². The van der Waals surface area contributed by atoms with Gasteiger partial charge in [0.2, 0.25) is 5.91 Å². The summed E-state index contributed by atoms with van der Waals surface area (Å²) in [6.07, 6.45) is 1.11. The summed E-state index contributed by atoms with van der Waals surface area (Å²) in [5.74, 6) is -0.0416. The first-order valence-corrected chi connectivity index (χ1v) is 5.87. The molecule has 0 saturated carbocycles. The van der Waals surface area contributed by atoms with Crippen LogP contribution in [0.25, 0.3) is 0 Å². The minimum absolute atomic E-state index is 0.0416. The van der Waals surface area contributed by atoms with E-state index in [1.807, 2.05) is 31.3 Å². The largest absolute Gasteiger partial charge is 0.375 e. The predicted octanol–water partition coefficient (Wildman–Crippen LogP) is 1.69. The van der Waals surface area contributed by atoms with Crippen LogP contribution in [0.1, 0.15) is 13.3 Å². The van der Waals surface area contributed by atoms with Crippen molar-refractivity contribution in [2.75, 3.05) is 37.4 Å². The summed E-state index contributed by atoms with van der Waals surface area (Å²) >= 11 is 0. The molecular formula is C13H21N3O. The van der Waals surface area contributed by atoms with Crippen molar-refractivity contribution < 1.29 is 4.79 Å². The smallest absolute Gasteiger partial charge is 0.221 e. The lowest BCUT2D eigenvalue weighted by molar-refractivity contribution is -0.114. The first-order chi connectivity index (χ1) is 8.13. The Hall–Kier alpha value is -1.55. The second-order valence-electron chi connectivity index (χ2n) is 4.11. The van der Waals surface area contributed by atoms with Gasteiger partial charge in [-0.2, -0.15) is 0 Å². The van der Waals surface area contributed by atoms with Crippen molar-refractivity contribution in [3.05, 3.63) is 24.3 Å². The van der Waals surface area contributed by atoms with Crippen LogP contribution in [-0.2, 0) is 4.79 Å². The maximum Gasteiger partial charge on any atom is 0.221 e. The van der Waals surface area contributed by atoms with E-state index < -0.39 is 0 Å². The topological polar surface area (TPSA) is 44.4 Å². The van der Waals surface area contributed by atoms with Gasteiger partial charge >= 0.3 is 0 Å². The third-order valence-corrected chi connectivity index (χ3v) is 2.55. The Kier molecular flexibility index (Phi) is 5.49. The molecule has 0 aliphatic rings. The highest BCUT2D eigenvalue weighted by atomic mass is 16.1. The van der Waals surface area contributed by atoms with Crippen LogP contribution in [0, 0.1) is 0 Å². The first kappa shape index (κ1) is 13.5. The van der Waals surface area contributed by atoms with Crippen LogP contribution in [0.3, 0.4) is 0 Å². The molecule has 0 spiro atoms. The number of rotatable bonds is 6. The number of nitrogens with zero attached hydrogens (tertiary/aromatic N) is 1. The molecule has 0 heterocycles. The van der Waals surface area contributed by atoms with Crippen LogP contribution < -0.4 is 15.5 Å². The fourth-order valence-corrected chi connectivity index (χ4v) is 1.62. The monoisotopic (exact) mass is 235 g/mol. The van der Waals surface area contributed by atoms with Gasteiger partial charge in [0, 0.05) is 31.9 Å². The molecule has 0 saturated heterocycles. The molecule has 0 radical (unpaired) electrons. The highest BCUT2D eigenvalue weighted by Gasteiger charge is 2.01. The van der Waals surface area contributed by atoms with E-state index in [-0.39, 0.29) is 5.91 Å². The molecule has 0 unspecified atom stereocenters. The van der Waals surface area contributed by atoms with Gasteiger partial charge in [-0.1, -0.05) is 0 Å². The van der Waals surface area contributed by atoms with Crippen LogP contribution >= 0.6 is 0 Å². The van der Waals surface area contributed by atoms with Gasteiger partial charge in [0.25, 0.3) is 0 Å². The number of anilines is 2. The Labute approximate surface area is 103 Å². The molecule has 0 aromatic heterocycles. The first-order valence-electron chi connectivity index (χ1n) is 5.87. The number of benzene rings is 1. The number of hydrogen-bond acceptors (Lipinski definition) is 3. The normalized spacial score (nSPS) is 10.1. The zero-order chi connectivity index (χ0) is 12.7. The maximum atomic E-state index is 10.9. The Balaban J connectivity index is 2.51. The lowest BCUT2D eigenvalue weighted by atomic mass is 10.2. The molecule has 0 bridgehead atoms. The van der Waals surface area contributed by atoms with Gasteiger partial charge in [-0.25, -0.2) is 0 Å². The Morgan fingerprint density at radius 2 is 1.94 bits per heavy atom. The van der Waals surface area contributed by atoms with Crippen molar-refractivity contribution in [2.45, 2.75) is 13.3 Å². The van der Waals surface area contributed by atoms with Crippen LogP contribution in [0.4, 0.5) is 11.4 Å². The average molecular weight is 235 g/mol. The van der Waals surface area contributed by atoms with E-state index in [1.54, 1.807) is 0 Å². The molecule has 2 N–H and O–H groups in total. The zero-order valence-electron chi connectivity index (χ0n) is 10.8. The molecule has 0 aliphatic carbocycles. The summed E-state index contributed by atoms with van der Waals surface area (Å²) in [7, 11) is 4.03. The molecule has 4 nitrogen and oxygen atoms in total. The molecule has 0 aliphatic heterocycles. The molecule has 1 aromatic carbocycles. The summed E-state index contributed by atoms with van der Waals surface area (Å²) in [4.78, 5) is 13.1. The third kappa shape index (κ3) is 4.87. The van der Waals surface area contributed by atoms with E-state index >= 15 is 0 Å². The molecule has 1 aromatic rings. The standard InChI is InChI=1S/C13H21N3O/c1-11(17)15-12-5-7-13(8-6-12)16(3)10-4-9-14-2/h5-8,14H,4,9-10H2,1-3H3,(H,15,17). The number of carbonyl (C=O) groups excluding carboxylic acids is 1. The van der Waals surface area contributed by atoms with Gasteiger partial charge in [0.15, 0.2) is 0 Å². The fourth-order valence-electron chi connectivity index (χ4n) is 1.62. The number of hydrogen-bond donors (Lipinski definition) is 2. The average Bonchev–Trinajstić information content (AvgIpc) is 2.29. The summed E-state index contributed by atoms with van der Waals surface area (Å²) < 4.78 is 0. The van der Waals surface area contributed by atoms with Crippen LogP contribution in [0.5, 0.6) is 0 Å². The quantitative estimate of drug-likeness (QED) is 0.738. The minimum atomic E-state index is -0.0416. The van der Waals surface area contributed by atoms with E-state index in [0.29, 0.717) is 0 Å². The van der Waals surface area contributed by atoms with Gasteiger partial charge in [-0.3, -0.25) is 4.79 Å². The van der Waals surface area contributed by atoms with Gasteiger partial charge in [0.1, 0.15) is 0 Å². The zero-order valence-corrected chi connectivity index (χ0v) is 10.8. The summed E-state index contributed by atoms with van der Waals surface area (Å²) in [6.45, 7) is 3.55. The highest BCUT2D eigenvalue weighted by molar-refractivity contribution is 5.88. The number of amides is 1. The lowest BCUT2D eigenvalue weighted by Crippen LogP contribution is -2.22. The van der Waals surface area contributed by atoms with Crippen molar-refractivity contribution in [3.63, 3.8) is 0 Å². The SMILES string of the molecule is CNCCCN(C)c1ccc(NC(C)=O)cc1. The Morgan fingerprint density at radius 1 is 1.29 bits per heavy atom. The predicted molar refractivity (Wildman–Crippen MR) is 72.6 cm³/mol. The van der Waals surface area contributed by atoms with Crippen LogP contribution in [-0.4, -0.2) is 33.1 Å². The van der Waals surface area contributed by atoms with Gasteiger partial charge in [0.05, 0.1) is 0 Å². The highest BCUT2D eigenvalue weighted by Crippen LogP contribution is 2.16.